The van der Waals surface area contributed by atoms with Gasteiger partial charge in [0, 0.05) is 42.1 Å². The van der Waals surface area contributed by atoms with E-state index in [1.54, 1.807) is 22.8 Å². The quantitative estimate of drug-likeness (QED) is 0.548. The van der Waals surface area contributed by atoms with Crippen LogP contribution in [0.2, 0.25) is 0 Å². The first-order valence-electron chi connectivity index (χ1n) is 12.1. The van der Waals surface area contributed by atoms with Gasteiger partial charge < -0.3 is 14.8 Å². The molecule has 1 saturated carbocycles. The van der Waals surface area contributed by atoms with Crippen molar-refractivity contribution >= 4 is 17.4 Å². The van der Waals surface area contributed by atoms with Crippen LogP contribution in [0.3, 0.4) is 0 Å². The lowest BCUT2D eigenvalue weighted by Gasteiger charge is -2.33. The van der Waals surface area contributed by atoms with E-state index in [1.807, 2.05) is 18.2 Å². The largest absolute Gasteiger partial charge is 0.409 e. The third-order valence-electron chi connectivity index (χ3n) is 6.93. The second-order valence-electron chi connectivity index (χ2n) is 9.51. The molecule has 37 heavy (non-hydrogen) atoms. The van der Waals surface area contributed by atoms with Gasteiger partial charge in [-0.1, -0.05) is 12.1 Å². The molecule has 1 aliphatic carbocycles. The fourth-order valence-electron chi connectivity index (χ4n) is 4.98. The average Bonchev–Trinajstić information content (AvgIpc) is 3.43. The Morgan fingerprint density at radius 2 is 2.00 bits per heavy atom. The van der Waals surface area contributed by atoms with E-state index in [-0.39, 0.29) is 17.9 Å². The molecule has 9 nitrogen and oxygen atoms in total. The molecule has 6 rings (SSSR count). The standard InChI is InChI=1S/C25H25F3N8O/c1-34-10-8-20-21(22(34)25(26,27)28)30-13-35(20)18-7-9-29-19(12-18)24(37)32-16-4-2-3-15(11-16)23-33-31-14-36(23)17-5-6-17/h2-4,7,9,11-13,17,22,31H,5-6,8,10,14H2,1H3,(H,32,37). The number of aromatic nitrogens is 3. The number of imidazole rings is 1. The maximum Gasteiger partial charge on any atom is 0.409 e. The molecule has 4 heterocycles. The lowest BCUT2D eigenvalue weighted by molar-refractivity contribution is -0.186. The molecule has 1 atom stereocenters. The number of fused-ring (bicyclic) bond motifs is 1. The number of carbonyl (C=O) groups is 1. The second kappa shape index (κ2) is 8.87. The monoisotopic (exact) mass is 510 g/mol. The highest BCUT2D eigenvalue weighted by Crippen LogP contribution is 2.40. The van der Waals surface area contributed by atoms with Crippen LogP contribution in [0, 0.1) is 0 Å². The zero-order valence-corrected chi connectivity index (χ0v) is 20.0. The molecule has 192 valence electrons. The van der Waals surface area contributed by atoms with Crippen molar-refractivity contribution in [2.75, 3.05) is 25.6 Å². The van der Waals surface area contributed by atoms with Gasteiger partial charge >= 0.3 is 6.18 Å². The number of nitrogens with zero attached hydrogens (tertiary/aromatic N) is 6. The second-order valence-corrected chi connectivity index (χ2v) is 9.51. The van der Waals surface area contributed by atoms with Crippen molar-refractivity contribution in [1.29, 1.82) is 0 Å². The van der Waals surface area contributed by atoms with E-state index in [2.05, 4.69) is 30.7 Å². The number of halogens is 3. The third kappa shape index (κ3) is 4.41. The Kier molecular flexibility index (Phi) is 5.63. The van der Waals surface area contributed by atoms with Gasteiger partial charge in [0.05, 0.1) is 17.7 Å². The van der Waals surface area contributed by atoms with E-state index in [9.17, 15) is 18.0 Å². The molecule has 1 unspecified atom stereocenters. The number of pyridine rings is 1. The molecule has 1 aromatic carbocycles. The summed E-state index contributed by atoms with van der Waals surface area (Å²) in [7, 11) is 1.45. The van der Waals surface area contributed by atoms with Crippen LogP contribution in [0.15, 0.2) is 54.0 Å². The Balaban J connectivity index is 1.23. The van der Waals surface area contributed by atoms with E-state index in [0.717, 1.165) is 24.2 Å². The summed E-state index contributed by atoms with van der Waals surface area (Å²) in [5.41, 5.74) is 5.66. The van der Waals surface area contributed by atoms with Crippen LogP contribution in [-0.2, 0) is 6.42 Å². The fraction of sp³-hybridized carbons (Fsp3) is 0.360. The maximum atomic E-state index is 13.7. The van der Waals surface area contributed by atoms with E-state index in [0.29, 0.717) is 36.2 Å². The Labute approximate surface area is 211 Å². The predicted octanol–water partition coefficient (Wildman–Crippen LogP) is 3.30. The number of hydrazone groups is 1. The van der Waals surface area contributed by atoms with Gasteiger partial charge in [0.15, 0.2) is 11.9 Å². The minimum absolute atomic E-state index is 0.00885. The minimum atomic E-state index is -4.43. The van der Waals surface area contributed by atoms with E-state index in [4.69, 9.17) is 0 Å². The van der Waals surface area contributed by atoms with E-state index >= 15 is 0 Å². The summed E-state index contributed by atoms with van der Waals surface area (Å²) >= 11 is 0. The minimum Gasteiger partial charge on any atom is -0.333 e. The molecule has 3 aliphatic rings. The third-order valence-corrected chi connectivity index (χ3v) is 6.93. The van der Waals surface area contributed by atoms with Gasteiger partial charge in [0.2, 0.25) is 0 Å². The van der Waals surface area contributed by atoms with Crippen LogP contribution in [0.5, 0.6) is 0 Å². The number of hydrogen-bond acceptors (Lipinski definition) is 7. The van der Waals surface area contributed by atoms with Crippen molar-refractivity contribution in [3.05, 3.63) is 71.6 Å². The lowest BCUT2D eigenvalue weighted by Crippen LogP contribution is -2.41. The molecule has 0 bridgehead atoms. The number of nitrogens with one attached hydrogen (secondary N) is 2. The van der Waals surface area contributed by atoms with E-state index < -0.39 is 18.1 Å². The van der Waals surface area contributed by atoms with Crippen molar-refractivity contribution in [3.63, 3.8) is 0 Å². The number of rotatable bonds is 5. The molecule has 0 spiro atoms. The van der Waals surface area contributed by atoms with Gasteiger partial charge in [0.25, 0.3) is 5.91 Å². The molecule has 1 amide bonds. The van der Waals surface area contributed by atoms with Crippen LogP contribution in [0.25, 0.3) is 5.69 Å². The fourth-order valence-corrected chi connectivity index (χ4v) is 4.98. The van der Waals surface area contributed by atoms with Gasteiger partial charge in [-0.15, -0.1) is 0 Å². The molecule has 12 heteroatoms. The summed E-state index contributed by atoms with van der Waals surface area (Å²) < 4.78 is 42.7. The zero-order valence-electron chi connectivity index (χ0n) is 20.0. The summed E-state index contributed by atoms with van der Waals surface area (Å²) in [6.45, 7) is 0.919. The number of alkyl halides is 3. The highest BCUT2D eigenvalue weighted by molar-refractivity contribution is 6.05. The molecular weight excluding hydrogens is 485 g/mol. The normalized spacial score (nSPS) is 19.8. The molecule has 2 aliphatic heterocycles. The first kappa shape index (κ1) is 23.5. The molecule has 3 aromatic rings. The van der Waals surface area contributed by atoms with Gasteiger partial charge in [-0.3, -0.25) is 20.1 Å². The number of benzene rings is 1. The first-order valence-corrected chi connectivity index (χ1v) is 12.1. The van der Waals surface area contributed by atoms with Crippen LogP contribution < -0.4 is 10.7 Å². The van der Waals surface area contributed by atoms with Gasteiger partial charge in [0.1, 0.15) is 12.4 Å². The number of anilines is 1. The SMILES string of the molecule is CN1CCc2c(ncn2-c2ccnc(C(=O)Nc3cccc(C4=NNCN4C4CC4)c3)c2)C1C(F)(F)F. The molecule has 2 aromatic heterocycles. The van der Waals surface area contributed by atoms with Crippen LogP contribution in [0.4, 0.5) is 18.9 Å². The lowest BCUT2D eigenvalue weighted by atomic mass is 10.0. The Bertz CT molecular complexity index is 1380. The van der Waals surface area contributed by atoms with E-state index in [1.165, 1.54) is 24.5 Å². The number of likely N-dealkylation sites (N-methyl/N-ethyl adjacent to an activating group) is 1. The van der Waals surface area contributed by atoms with Crippen molar-refractivity contribution in [2.45, 2.75) is 37.5 Å². The maximum absolute atomic E-state index is 13.7. The van der Waals surface area contributed by atoms with Crippen LogP contribution >= 0.6 is 0 Å². The van der Waals surface area contributed by atoms with Gasteiger partial charge in [-0.05, 0) is 44.2 Å². The summed E-state index contributed by atoms with van der Waals surface area (Å²) in [6, 6.07) is 9.40. The molecule has 1 fully saturated rings. The molecule has 0 saturated heterocycles. The molecular formula is C25H25F3N8O. The van der Waals surface area contributed by atoms with Crippen LogP contribution in [0.1, 0.15) is 46.3 Å². The topological polar surface area (TPSA) is 90.7 Å². The summed E-state index contributed by atoms with van der Waals surface area (Å²) in [6.07, 6.45) is 1.11. The smallest absolute Gasteiger partial charge is 0.333 e. The zero-order chi connectivity index (χ0) is 25.7. The Morgan fingerprint density at radius 3 is 2.78 bits per heavy atom. The summed E-state index contributed by atoms with van der Waals surface area (Å²) in [4.78, 5) is 24.8. The number of hydrogen-bond donors (Lipinski definition) is 2. The summed E-state index contributed by atoms with van der Waals surface area (Å²) in [5, 5.41) is 7.29. The highest BCUT2D eigenvalue weighted by Gasteiger charge is 2.48. The van der Waals surface area contributed by atoms with Crippen LogP contribution in [-0.4, -0.2) is 68.6 Å². The number of carbonyl (C=O) groups excluding carboxylic acids is 1. The Morgan fingerprint density at radius 1 is 1.16 bits per heavy atom. The molecule has 0 radical (unpaired) electrons. The van der Waals surface area contributed by atoms with Gasteiger partial charge in [-0.25, -0.2) is 4.98 Å². The average molecular weight is 511 g/mol. The number of amides is 1. The Hall–Kier alpha value is -3.93. The van der Waals surface area contributed by atoms with Gasteiger partial charge in [-0.2, -0.15) is 18.3 Å². The summed E-state index contributed by atoms with van der Waals surface area (Å²) in [5.74, 6) is 0.429. The van der Waals surface area contributed by atoms with Crippen molar-refractivity contribution in [1.82, 2.24) is 29.8 Å². The van der Waals surface area contributed by atoms with Crippen molar-refractivity contribution in [3.8, 4) is 5.69 Å². The molecule has 2 N–H and O–H groups in total. The van der Waals surface area contributed by atoms with Crippen molar-refractivity contribution < 1.29 is 18.0 Å². The number of amidine groups is 1. The predicted molar refractivity (Wildman–Crippen MR) is 130 cm³/mol. The van der Waals surface area contributed by atoms with Crippen molar-refractivity contribution in [2.24, 2.45) is 5.10 Å². The first-order chi connectivity index (χ1) is 17.8. The highest BCUT2D eigenvalue weighted by atomic mass is 19.4.